The average Bonchev–Trinajstić information content (AvgIpc) is 3.30. The van der Waals surface area contributed by atoms with Gasteiger partial charge in [0.2, 0.25) is 0 Å². The molecule has 0 atom stereocenters. The zero-order chi connectivity index (χ0) is 21.2. The maximum atomic E-state index is 13.7. The van der Waals surface area contributed by atoms with Gasteiger partial charge in [-0.25, -0.2) is 4.39 Å². The van der Waals surface area contributed by atoms with E-state index in [2.05, 4.69) is 0 Å². The van der Waals surface area contributed by atoms with Gasteiger partial charge in [0, 0.05) is 5.46 Å². The maximum absolute atomic E-state index is 13.7. The summed E-state index contributed by atoms with van der Waals surface area (Å²) in [4.78, 5) is 0. The summed E-state index contributed by atoms with van der Waals surface area (Å²) in [7, 11) is -0.627. The molecule has 0 spiro atoms. The van der Waals surface area contributed by atoms with E-state index < -0.39 is 23.9 Å². The van der Waals surface area contributed by atoms with Crippen LogP contribution in [0.1, 0.15) is 57.2 Å². The van der Waals surface area contributed by atoms with Crippen molar-refractivity contribution in [2.45, 2.75) is 71.2 Å². The lowest BCUT2D eigenvalue weighted by molar-refractivity contribution is 0.00578. The minimum atomic E-state index is -0.779. The molecule has 6 heteroatoms. The van der Waals surface area contributed by atoms with Crippen molar-refractivity contribution in [1.82, 2.24) is 0 Å². The lowest BCUT2D eigenvalue weighted by Gasteiger charge is -2.32. The van der Waals surface area contributed by atoms with Crippen LogP contribution in [-0.4, -0.2) is 23.4 Å². The van der Waals surface area contributed by atoms with E-state index in [4.69, 9.17) is 14.0 Å². The summed E-state index contributed by atoms with van der Waals surface area (Å²) in [6.07, 6.45) is 1.48. The normalized spacial score (nSPS) is 21.3. The van der Waals surface area contributed by atoms with Gasteiger partial charge in [0.05, 0.1) is 16.8 Å². The third kappa shape index (κ3) is 3.58. The fraction of sp³-hybridized carbons (Fsp3) is 0.478. The smallest absolute Gasteiger partial charge is 0.457 e. The molecule has 0 aromatic heterocycles. The summed E-state index contributed by atoms with van der Waals surface area (Å²) in [5.41, 5.74) is 1.22. The van der Waals surface area contributed by atoms with Crippen LogP contribution >= 0.6 is 0 Å². The molecule has 2 aromatic rings. The van der Waals surface area contributed by atoms with Crippen LogP contribution in [0.15, 0.2) is 30.3 Å². The maximum Gasteiger partial charge on any atom is 0.498 e. The molecule has 0 bridgehead atoms. The Balaban J connectivity index is 1.77. The average molecular weight is 398 g/mol. The van der Waals surface area contributed by atoms with Crippen molar-refractivity contribution in [3.05, 3.63) is 52.8 Å². The van der Waals surface area contributed by atoms with Crippen LogP contribution < -0.4 is 10.2 Å². The molecule has 0 unspecified atom stereocenters. The van der Waals surface area contributed by atoms with Gasteiger partial charge in [-0.2, -0.15) is 0 Å². The van der Waals surface area contributed by atoms with Crippen LogP contribution in [0.25, 0.3) is 0 Å². The Labute approximate surface area is 172 Å². The molecule has 4 nitrogen and oxygen atoms in total. The number of halogens is 1. The Bertz CT molecular complexity index is 926. The Morgan fingerprint density at radius 2 is 1.52 bits per heavy atom. The first-order valence-corrected chi connectivity index (χ1v) is 10.1. The molecule has 154 valence electrons. The summed E-state index contributed by atoms with van der Waals surface area (Å²) >= 11 is 0. The molecule has 1 N–H and O–H groups in total. The highest BCUT2D eigenvalue weighted by atomic mass is 19.1. The number of rotatable bonds is 4. The van der Waals surface area contributed by atoms with Crippen LogP contribution in [0.4, 0.5) is 4.39 Å². The lowest BCUT2D eigenvalue weighted by Crippen LogP contribution is -2.41. The monoisotopic (exact) mass is 398 g/mol. The summed E-state index contributed by atoms with van der Waals surface area (Å²) < 4.78 is 32.5. The van der Waals surface area contributed by atoms with Crippen molar-refractivity contribution in [3.63, 3.8) is 0 Å². The first-order chi connectivity index (χ1) is 13.4. The second-order valence-electron chi connectivity index (χ2n) is 9.34. The van der Waals surface area contributed by atoms with E-state index in [-0.39, 0.29) is 5.82 Å². The number of aryl methyl sites for hydroxylation is 2. The summed E-state index contributed by atoms with van der Waals surface area (Å²) in [5, 5.41) is 10.6. The number of hydrogen-bond donors (Lipinski definition) is 1. The lowest BCUT2D eigenvalue weighted by atomic mass is 9.77. The topological polar surface area (TPSA) is 47.9 Å². The third-order valence-electron chi connectivity index (χ3n) is 6.42. The van der Waals surface area contributed by atoms with E-state index in [0.717, 1.165) is 23.9 Å². The Morgan fingerprint density at radius 1 is 0.966 bits per heavy atom. The highest BCUT2D eigenvalue weighted by Crippen LogP contribution is 2.46. The van der Waals surface area contributed by atoms with Gasteiger partial charge in [-0.15, -0.1) is 0 Å². The van der Waals surface area contributed by atoms with Gasteiger partial charge in [-0.1, -0.05) is 12.1 Å². The Kier molecular flexibility index (Phi) is 4.61. The predicted molar refractivity (Wildman–Crippen MR) is 111 cm³/mol. The van der Waals surface area contributed by atoms with Gasteiger partial charge in [0.15, 0.2) is 0 Å². The van der Waals surface area contributed by atoms with Crippen molar-refractivity contribution in [1.29, 1.82) is 0 Å². The SMILES string of the molecule is Cc1cc(F)cc(C)c1Oc1ccc(C2(O)CC2)cc1B1OC(C)(C)C(C)(C)O1. The molecule has 1 aliphatic heterocycles. The minimum Gasteiger partial charge on any atom is -0.457 e. The van der Waals surface area contributed by atoms with Gasteiger partial charge >= 0.3 is 7.12 Å². The van der Waals surface area contributed by atoms with Crippen LogP contribution in [0.3, 0.4) is 0 Å². The molecule has 2 fully saturated rings. The molecular formula is C23H28BFO4. The van der Waals surface area contributed by atoms with Gasteiger partial charge in [-0.3, -0.25) is 0 Å². The molecule has 0 amide bonds. The van der Waals surface area contributed by atoms with Gasteiger partial charge in [0.1, 0.15) is 17.3 Å². The summed E-state index contributed by atoms with van der Waals surface area (Å²) in [6.45, 7) is 11.6. The molecule has 1 aliphatic carbocycles. The highest BCUT2D eigenvalue weighted by molar-refractivity contribution is 6.63. The van der Waals surface area contributed by atoms with E-state index in [0.29, 0.717) is 22.6 Å². The van der Waals surface area contributed by atoms with Crippen LogP contribution in [0, 0.1) is 19.7 Å². The molecule has 2 aromatic carbocycles. The summed E-state index contributed by atoms with van der Waals surface area (Å²) in [6, 6.07) is 8.55. The fourth-order valence-electron chi connectivity index (χ4n) is 3.66. The Hall–Kier alpha value is -1.89. The second kappa shape index (κ2) is 6.56. The van der Waals surface area contributed by atoms with Gasteiger partial charge < -0.3 is 19.2 Å². The van der Waals surface area contributed by atoms with Crippen molar-refractivity contribution < 1.29 is 23.5 Å². The second-order valence-corrected chi connectivity index (χ2v) is 9.34. The van der Waals surface area contributed by atoms with Crippen molar-refractivity contribution in [2.24, 2.45) is 0 Å². The molecule has 0 radical (unpaired) electrons. The van der Waals surface area contributed by atoms with E-state index in [9.17, 15) is 9.50 Å². The van der Waals surface area contributed by atoms with Crippen LogP contribution in [0.2, 0.25) is 0 Å². The first kappa shape index (κ1) is 20.4. The number of benzene rings is 2. The molecular weight excluding hydrogens is 370 g/mol. The number of ether oxygens (including phenoxy) is 1. The largest absolute Gasteiger partial charge is 0.498 e. The van der Waals surface area contributed by atoms with Gasteiger partial charge in [0.25, 0.3) is 0 Å². The summed E-state index contributed by atoms with van der Waals surface area (Å²) in [5.74, 6) is 0.904. The van der Waals surface area contributed by atoms with E-state index >= 15 is 0 Å². The fourth-order valence-corrected chi connectivity index (χ4v) is 3.66. The van der Waals surface area contributed by atoms with Crippen LogP contribution in [-0.2, 0) is 14.9 Å². The Morgan fingerprint density at radius 3 is 2.03 bits per heavy atom. The van der Waals surface area contributed by atoms with Crippen molar-refractivity contribution in [3.8, 4) is 11.5 Å². The van der Waals surface area contributed by atoms with Crippen molar-refractivity contribution in [2.75, 3.05) is 0 Å². The minimum absolute atomic E-state index is 0.287. The molecule has 29 heavy (non-hydrogen) atoms. The van der Waals surface area contributed by atoms with Crippen molar-refractivity contribution >= 4 is 12.6 Å². The molecule has 4 rings (SSSR count). The van der Waals surface area contributed by atoms with Crippen LogP contribution in [0.5, 0.6) is 11.5 Å². The zero-order valence-electron chi connectivity index (χ0n) is 17.9. The molecule has 1 heterocycles. The zero-order valence-corrected chi connectivity index (χ0v) is 17.9. The van der Waals surface area contributed by atoms with Gasteiger partial charge in [-0.05, 0) is 89.3 Å². The quantitative estimate of drug-likeness (QED) is 0.770. The molecule has 1 saturated carbocycles. The van der Waals surface area contributed by atoms with E-state index in [1.54, 1.807) is 0 Å². The highest BCUT2D eigenvalue weighted by Gasteiger charge is 2.53. The number of hydrogen-bond acceptors (Lipinski definition) is 4. The first-order valence-electron chi connectivity index (χ1n) is 10.1. The predicted octanol–water partition coefficient (Wildman–Crippen LogP) is 4.52. The molecule has 1 saturated heterocycles. The standard InChI is InChI=1S/C23H28BFO4/c1-14-11-17(25)12-15(2)20(14)27-19-8-7-16(23(26)9-10-23)13-18(19)24-28-21(3,4)22(5,6)29-24/h7-8,11-13,26H,9-10H2,1-6H3. The third-order valence-corrected chi connectivity index (χ3v) is 6.42. The van der Waals surface area contributed by atoms with E-state index in [1.165, 1.54) is 12.1 Å². The molecule has 2 aliphatic rings. The number of aliphatic hydroxyl groups is 1. The van der Waals surface area contributed by atoms with E-state index in [1.807, 2.05) is 59.7 Å².